The molecule has 4 saturated carbocycles. The number of nitrogens with two attached hydrogens (primary N) is 1. The highest BCUT2D eigenvalue weighted by Gasteiger charge is 2.50. The van der Waals surface area contributed by atoms with E-state index < -0.39 is 5.91 Å². The van der Waals surface area contributed by atoms with E-state index in [-0.39, 0.29) is 5.91 Å². The molecule has 7 rings (SSSR count). The summed E-state index contributed by atoms with van der Waals surface area (Å²) in [5.74, 6) is 2.24. The van der Waals surface area contributed by atoms with E-state index in [9.17, 15) is 9.59 Å². The summed E-state index contributed by atoms with van der Waals surface area (Å²) in [5.41, 5.74) is 9.75. The van der Waals surface area contributed by atoms with Crippen molar-refractivity contribution in [1.29, 1.82) is 0 Å². The van der Waals surface area contributed by atoms with Crippen LogP contribution >= 0.6 is 0 Å². The highest BCUT2D eigenvalue weighted by atomic mass is 16.2. The van der Waals surface area contributed by atoms with Gasteiger partial charge in [0.25, 0.3) is 5.91 Å². The lowest BCUT2D eigenvalue weighted by molar-refractivity contribution is -0.0503. The number of carbonyl (C=O) groups excluding carboxylic acids is 2. The van der Waals surface area contributed by atoms with Gasteiger partial charge in [-0.3, -0.25) is 9.59 Å². The Morgan fingerprint density at radius 3 is 2.25 bits per heavy atom. The second kappa shape index (κ2) is 7.22. The molecule has 0 unspecified atom stereocenters. The summed E-state index contributed by atoms with van der Waals surface area (Å²) in [7, 11) is 0. The van der Waals surface area contributed by atoms with Crippen molar-refractivity contribution in [3.63, 3.8) is 0 Å². The van der Waals surface area contributed by atoms with E-state index in [1.165, 1.54) is 38.5 Å². The Morgan fingerprint density at radius 2 is 1.62 bits per heavy atom. The first-order valence-electron chi connectivity index (χ1n) is 11.8. The van der Waals surface area contributed by atoms with Crippen molar-refractivity contribution in [2.75, 3.05) is 6.54 Å². The number of pyridine rings is 1. The van der Waals surface area contributed by atoms with Gasteiger partial charge in [-0.1, -0.05) is 12.1 Å². The average Bonchev–Trinajstić information content (AvgIpc) is 3.21. The van der Waals surface area contributed by atoms with Gasteiger partial charge < -0.3 is 15.5 Å². The van der Waals surface area contributed by atoms with E-state index in [4.69, 9.17) is 5.73 Å². The van der Waals surface area contributed by atoms with Crippen molar-refractivity contribution in [3.8, 4) is 11.1 Å². The lowest BCUT2D eigenvalue weighted by Crippen LogP contribution is -2.51. The zero-order valence-electron chi connectivity index (χ0n) is 18.2. The second-order valence-corrected chi connectivity index (χ2v) is 10.5. The SMILES string of the molecule is NC(=O)c1ccc(-c2cc3c(C(=O)NCC45CC6CC(CC(C6)C4)C5)cccn3c2)cc1. The molecule has 2 aromatic heterocycles. The Bertz CT molecular complexity index is 1170. The summed E-state index contributed by atoms with van der Waals surface area (Å²) in [6.07, 6.45) is 12.1. The lowest BCUT2D eigenvalue weighted by atomic mass is 9.49. The summed E-state index contributed by atoms with van der Waals surface area (Å²) in [6.45, 7) is 0.804. The molecule has 4 bridgehead atoms. The third-order valence-electron chi connectivity index (χ3n) is 8.17. The Morgan fingerprint density at radius 1 is 0.969 bits per heavy atom. The third kappa shape index (κ3) is 3.31. The maximum atomic E-state index is 13.2. The Labute approximate surface area is 188 Å². The van der Waals surface area contributed by atoms with Crippen LogP contribution in [0, 0.1) is 23.2 Å². The Kier molecular flexibility index (Phi) is 4.42. The fourth-order valence-electron chi connectivity index (χ4n) is 7.18. The van der Waals surface area contributed by atoms with Crippen molar-refractivity contribution in [3.05, 3.63) is 66.0 Å². The molecule has 3 aromatic rings. The molecule has 0 aliphatic heterocycles. The smallest absolute Gasteiger partial charge is 0.253 e. The fraction of sp³-hybridized carbons (Fsp3) is 0.407. The third-order valence-corrected chi connectivity index (χ3v) is 8.17. The van der Waals surface area contributed by atoms with Crippen molar-refractivity contribution < 1.29 is 9.59 Å². The van der Waals surface area contributed by atoms with Crippen LogP contribution in [0.1, 0.15) is 59.2 Å². The van der Waals surface area contributed by atoms with Gasteiger partial charge in [-0.2, -0.15) is 0 Å². The summed E-state index contributed by atoms with van der Waals surface area (Å²) in [5, 5.41) is 3.31. The van der Waals surface area contributed by atoms with Crippen LogP contribution in [0.3, 0.4) is 0 Å². The molecule has 3 N–H and O–H groups in total. The van der Waals surface area contributed by atoms with Gasteiger partial charge in [0.2, 0.25) is 5.91 Å². The molecule has 0 saturated heterocycles. The summed E-state index contributed by atoms with van der Waals surface area (Å²) >= 11 is 0. The highest BCUT2D eigenvalue weighted by Crippen LogP contribution is 2.59. The number of nitrogens with one attached hydrogen (secondary N) is 1. The molecule has 0 radical (unpaired) electrons. The molecule has 164 valence electrons. The number of nitrogens with zero attached hydrogens (tertiary/aromatic N) is 1. The first-order chi connectivity index (χ1) is 15.5. The minimum atomic E-state index is -0.434. The number of aromatic nitrogens is 1. The maximum Gasteiger partial charge on any atom is 0.253 e. The highest BCUT2D eigenvalue weighted by molar-refractivity contribution is 6.01. The number of rotatable bonds is 5. The summed E-state index contributed by atoms with van der Waals surface area (Å²) in [4.78, 5) is 24.6. The number of hydrogen-bond donors (Lipinski definition) is 2. The molecule has 2 amide bonds. The van der Waals surface area contributed by atoms with Gasteiger partial charge in [0.15, 0.2) is 0 Å². The van der Waals surface area contributed by atoms with E-state index in [1.807, 2.05) is 47.1 Å². The monoisotopic (exact) mass is 427 g/mol. The summed E-state index contributed by atoms with van der Waals surface area (Å²) in [6, 6.07) is 13.1. The Balaban J connectivity index is 1.23. The van der Waals surface area contributed by atoms with Crippen LogP contribution in [0.15, 0.2) is 54.9 Å². The molecular weight excluding hydrogens is 398 g/mol. The predicted molar refractivity (Wildman–Crippen MR) is 124 cm³/mol. The van der Waals surface area contributed by atoms with Crippen molar-refractivity contribution >= 4 is 17.3 Å². The van der Waals surface area contributed by atoms with Crippen LogP contribution in [-0.2, 0) is 0 Å². The van der Waals surface area contributed by atoms with Crippen molar-refractivity contribution in [1.82, 2.24) is 9.72 Å². The molecule has 2 heterocycles. The van der Waals surface area contributed by atoms with E-state index in [0.717, 1.165) is 40.9 Å². The average molecular weight is 428 g/mol. The van der Waals surface area contributed by atoms with Gasteiger partial charge in [0.05, 0.1) is 11.1 Å². The molecule has 5 heteroatoms. The quantitative estimate of drug-likeness (QED) is 0.622. The van der Waals surface area contributed by atoms with Gasteiger partial charge in [0.1, 0.15) is 0 Å². The van der Waals surface area contributed by atoms with Gasteiger partial charge >= 0.3 is 0 Å². The normalized spacial score (nSPS) is 28.2. The van der Waals surface area contributed by atoms with E-state index >= 15 is 0 Å². The molecule has 4 aliphatic carbocycles. The van der Waals surface area contributed by atoms with Crippen LogP contribution in [0.2, 0.25) is 0 Å². The Hall–Kier alpha value is -3.08. The topological polar surface area (TPSA) is 76.6 Å². The van der Waals surface area contributed by atoms with Crippen LogP contribution in [-0.4, -0.2) is 22.8 Å². The maximum absolute atomic E-state index is 13.2. The predicted octanol–water partition coefficient (Wildman–Crippen LogP) is 4.65. The van der Waals surface area contributed by atoms with E-state index in [1.54, 1.807) is 12.1 Å². The molecule has 1 aromatic carbocycles. The number of carbonyl (C=O) groups is 2. The van der Waals surface area contributed by atoms with E-state index in [0.29, 0.717) is 16.5 Å². The van der Waals surface area contributed by atoms with Gasteiger partial charge in [0, 0.05) is 30.1 Å². The van der Waals surface area contributed by atoms with Crippen LogP contribution in [0.4, 0.5) is 0 Å². The first kappa shape index (κ1) is 19.6. The second-order valence-electron chi connectivity index (χ2n) is 10.5. The number of primary amides is 1. The molecule has 4 aliphatic rings. The number of hydrogen-bond acceptors (Lipinski definition) is 2. The number of fused-ring (bicyclic) bond motifs is 1. The molecule has 0 atom stereocenters. The molecule has 32 heavy (non-hydrogen) atoms. The zero-order valence-corrected chi connectivity index (χ0v) is 18.2. The van der Waals surface area contributed by atoms with Crippen molar-refractivity contribution in [2.24, 2.45) is 28.9 Å². The summed E-state index contributed by atoms with van der Waals surface area (Å²) < 4.78 is 2.00. The standard InChI is InChI=1S/C27H29N3O2/c28-25(31)21-5-3-20(4-6-21)22-11-24-23(2-1-7-30(24)15-22)26(32)29-16-27-12-17-8-18(13-27)10-19(9-17)14-27/h1-7,11,15,17-19H,8-10,12-14,16H2,(H2,28,31)(H,29,32). The van der Waals surface area contributed by atoms with E-state index in [2.05, 4.69) is 5.32 Å². The van der Waals surface area contributed by atoms with Crippen LogP contribution < -0.4 is 11.1 Å². The van der Waals surface area contributed by atoms with Gasteiger partial charge in [-0.15, -0.1) is 0 Å². The van der Waals surface area contributed by atoms with Gasteiger partial charge in [-0.05, 0) is 97.6 Å². The number of benzene rings is 1. The fourth-order valence-corrected chi connectivity index (χ4v) is 7.18. The first-order valence-corrected chi connectivity index (χ1v) is 11.8. The van der Waals surface area contributed by atoms with Crippen molar-refractivity contribution in [2.45, 2.75) is 38.5 Å². The van der Waals surface area contributed by atoms with Gasteiger partial charge in [-0.25, -0.2) is 0 Å². The van der Waals surface area contributed by atoms with Crippen LogP contribution in [0.25, 0.3) is 16.6 Å². The minimum Gasteiger partial charge on any atom is -0.366 e. The zero-order chi connectivity index (χ0) is 21.9. The molecule has 4 fully saturated rings. The molecule has 0 spiro atoms. The molecular formula is C27H29N3O2. The molecule has 5 nitrogen and oxygen atoms in total. The van der Waals surface area contributed by atoms with Crippen LogP contribution in [0.5, 0.6) is 0 Å². The largest absolute Gasteiger partial charge is 0.366 e. The number of amides is 2. The lowest BCUT2D eigenvalue weighted by Gasteiger charge is -2.56. The minimum absolute atomic E-state index is 0.0140.